The maximum absolute atomic E-state index is 4.46. The van der Waals surface area contributed by atoms with Crippen LogP contribution in [0, 0.1) is 10.5 Å². The van der Waals surface area contributed by atoms with Crippen molar-refractivity contribution >= 4 is 28.4 Å². The van der Waals surface area contributed by atoms with Crippen molar-refractivity contribution in [3.8, 4) is 0 Å². The number of nitrogens with zero attached hydrogens (tertiary/aromatic N) is 2. The number of rotatable bonds is 2. The summed E-state index contributed by atoms with van der Waals surface area (Å²) in [6.07, 6.45) is 0. The summed E-state index contributed by atoms with van der Waals surface area (Å²) in [4.78, 5) is 6.59. The smallest absolute Gasteiger partial charge is 0.128 e. The van der Waals surface area contributed by atoms with Crippen LogP contribution in [0.3, 0.4) is 0 Å². The fourth-order valence-electron chi connectivity index (χ4n) is 0.905. The van der Waals surface area contributed by atoms with Crippen molar-refractivity contribution in [2.75, 3.05) is 18.5 Å². The standard InChI is InChI=1S/C9H13IN2/c1-4-12(3)9-6-5-8(10)7(2)11-9/h5-6H,4H2,1-3H3. The van der Waals surface area contributed by atoms with Gasteiger partial charge in [-0.2, -0.15) is 0 Å². The van der Waals surface area contributed by atoms with Gasteiger partial charge in [0.1, 0.15) is 5.82 Å². The van der Waals surface area contributed by atoms with Gasteiger partial charge in [0.05, 0.1) is 5.69 Å². The number of anilines is 1. The van der Waals surface area contributed by atoms with Crippen molar-refractivity contribution in [1.29, 1.82) is 0 Å². The van der Waals surface area contributed by atoms with Crippen molar-refractivity contribution in [3.63, 3.8) is 0 Å². The summed E-state index contributed by atoms with van der Waals surface area (Å²) in [7, 11) is 2.05. The molecule has 0 radical (unpaired) electrons. The van der Waals surface area contributed by atoms with E-state index >= 15 is 0 Å². The minimum Gasteiger partial charge on any atom is -0.360 e. The van der Waals surface area contributed by atoms with Gasteiger partial charge in [-0.25, -0.2) is 4.98 Å². The highest BCUT2D eigenvalue weighted by molar-refractivity contribution is 14.1. The van der Waals surface area contributed by atoms with Crippen LogP contribution in [0.5, 0.6) is 0 Å². The molecule has 1 rings (SSSR count). The molecule has 0 fully saturated rings. The van der Waals surface area contributed by atoms with Crippen LogP contribution in [-0.2, 0) is 0 Å². The van der Waals surface area contributed by atoms with Gasteiger partial charge in [0.2, 0.25) is 0 Å². The van der Waals surface area contributed by atoms with Crippen LogP contribution in [0.25, 0.3) is 0 Å². The number of hydrogen-bond donors (Lipinski definition) is 0. The molecule has 0 aliphatic heterocycles. The third-order valence-corrected chi connectivity index (χ3v) is 3.01. The van der Waals surface area contributed by atoms with E-state index in [-0.39, 0.29) is 0 Å². The molecular formula is C9H13IN2. The Balaban J connectivity index is 2.96. The first-order valence-electron chi connectivity index (χ1n) is 3.99. The van der Waals surface area contributed by atoms with Gasteiger partial charge in [-0.3, -0.25) is 0 Å². The van der Waals surface area contributed by atoms with Crippen LogP contribution in [0.1, 0.15) is 12.6 Å². The molecule has 0 aliphatic carbocycles. The maximum Gasteiger partial charge on any atom is 0.128 e. The number of pyridine rings is 1. The van der Waals surface area contributed by atoms with Crippen molar-refractivity contribution in [2.24, 2.45) is 0 Å². The fourth-order valence-corrected chi connectivity index (χ4v) is 1.21. The van der Waals surface area contributed by atoms with Gasteiger partial charge in [-0.15, -0.1) is 0 Å². The summed E-state index contributed by atoms with van der Waals surface area (Å²) in [6, 6.07) is 4.16. The van der Waals surface area contributed by atoms with Crippen LogP contribution in [0.2, 0.25) is 0 Å². The molecule has 0 saturated heterocycles. The van der Waals surface area contributed by atoms with Crippen LogP contribution in [0.4, 0.5) is 5.82 Å². The van der Waals surface area contributed by atoms with Crippen LogP contribution in [0.15, 0.2) is 12.1 Å². The second-order valence-electron chi connectivity index (χ2n) is 2.75. The monoisotopic (exact) mass is 276 g/mol. The lowest BCUT2D eigenvalue weighted by molar-refractivity contribution is 0.929. The second kappa shape index (κ2) is 4.07. The van der Waals surface area contributed by atoms with Crippen molar-refractivity contribution < 1.29 is 0 Å². The van der Waals surface area contributed by atoms with E-state index in [0.29, 0.717) is 0 Å². The Morgan fingerprint density at radius 2 is 2.17 bits per heavy atom. The molecule has 0 spiro atoms. The quantitative estimate of drug-likeness (QED) is 0.771. The summed E-state index contributed by atoms with van der Waals surface area (Å²) >= 11 is 2.30. The predicted octanol–water partition coefficient (Wildman–Crippen LogP) is 2.45. The zero-order chi connectivity index (χ0) is 9.14. The highest BCUT2D eigenvalue weighted by atomic mass is 127. The number of aryl methyl sites for hydroxylation is 1. The third-order valence-electron chi connectivity index (χ3n) is 1.87. The van der Waals surface area contributed by atoms with E-state index in [9.17, 15) is 0 Å². The highest BCUT2D eigenvalue weighted by Crippen LogP contribution is 2.14. The molecule has 0 atom stereocenters. The average molecular weight is 276 g/mol. The second-order valence-corrected chi connectivity index (χ2v) is 3.91. The zero-order valence-electron chi connectivity index (χ0n) is 7.63. The first-order valence-corrected chi connectivity index (χ1v) is 5.07. The molecule has 0 amide bonds. The summed E-state index contributed by atoms with van der Waals surface area (Å²) in [6.45, 7) is 5.15. The van der Waals surface area contributed by atoms with Gasteiger partial charge in [-0.1, -0.05) is 0 Å². The SMILES string of the molecule is CCN(C)c1ccc(I)c(C)n1. The number of halogens is 1. The molecule has 0 unspecified atom stereocenters. The molecule has 1 aromatic rings. The van der Waals surface area contributed by atoms with E-state index < -0.39 is 0 Å². The average Bonchev–Trinajstić information content (AvgIpc) is 2.08. The van der Waals surface area contributed by atoms with Gasteiger partial charge < -0.3 is 4.90 Å². The van der Waals surface area contributed by atoms with Crippen LogP contribution in [-0.4, -0.2) is 18.6 Å². The molecule has 0 aliphatic rings. The van der Waals surface area contributed by atoms with Gasteiger partial charge in [0, 0.05) is 17.2 Å². The summed E-state index contributed by atoms with van der Waals surface area (Å²) < 4.78 is 1.22. The first-order chi connectivity index (χ1) is 5.65. The van der Waals surface area contributed by atoms with Gasteiger partial charge >= 0.3 is 0 Å². The lowest BCUT2D eigenvalue weighted by atomic mass is 10.3. The molecule has 12 heavy (non-hydrogen) atoms. The molecule has 3 heteroatoms. The van der Waals surface area contributed by atoms with Gasteiger partial charge in [0.25, 0.3) is 0 Å². The molecule has 1 heterocycles. The van der Waals surface area contributed by atoms with E-state index in [1.54, 1.807) is 0 Å². The lowest BCUT2D eigenvalue weighted by Gasteiger charge is -2.15. The fraction of sp³-hybridized carbons (Fsp3) is 0.444. The summed E-state index contributed by atoms with van der Waals surface area (Å²) in [5.41, 5.74) is 1.11. The number of aromatic nitrogens is 1. The van der Waals surface area contributed by atoms with E-state index in [2.05, 4.69) is 58.6 Å². The Hall–Kier alpha value is -0.320. The van der Waals surface area contributed by atoms with Gasteiger partial charge in [-0.05, 0) is 48.6 Å². The minimum absolute atomic E-state index is 0.993. The minimum atomic E-state index is 0.993. The Kier molecular flexibility index (Phi) is 3.31. The largest absolute Gasteiger partial charge is 0.360 e. The van der Waals surface area contributed by atoms with Crippen LogP contribution < -0.4 is 4.90 Å². The Labute approximate surface area is 87.1 Å². The summed E-state index contributed by atoms with van der Waals surface area (Å²) in [5.74, 6) is 1.05. The molecule has 0 bridgehead atoms. The summed E-state index contributed by atoms with van der Waals surface area (Å²) in [5, 5.41) is 0. The van der Waals surface area contributed by atoms with Crippen molar-refractivity contribution in [1.82, 2.24) is 4.98 Å². The molecule has 0 aromatic carbocycles. The molecule has 2 nitrogen and oxygen atoms in total. The van der Waals surface area contributed by atoms with Crippen LogP contribution >= 0.6 is 22.6 Å². The topological polar surface area (TPSA) is 16.1 Å². The van der Waals surface area contributed by atoms with E-state index in [0.717, 1.165) is 18.1 Å². The normalized spacial score (nSPS) is 10.0. The molecular weight excluding hydrogens is 263 g/mol. The highest BCUT2D eigenvalue weighted by Gasteiger charge is 2.01. The Bertz CT molecular complexity index is 273. The molecule has 66 valence electrons. The first kappa shape index (κ1) is 9.77. The Morgan fingerprint density at radius 3 is 2.67 bits per heavy atom. The predicted molar refractivity (Wildman–Crippen MR) is 60.6 cm³/mol. The van der Waals surface area contributed by atoms with Crippen molar-refractivity contribution in [2.45, 2.75) is 13.8 Å². The molecule has 0 N–H and O–H groups in total. The Morgan fingerprint density at radius 1 is 1.50 bits per heavy atom. The molecule has 0 saturated carbocycles. The number of hydrogen-bond acceptors (Lipinski definition) is 2. The lowest BCUT2D eigenvalue weighted by Crippen LogP contribution is -2.17. The van der Waals surface area contributed by atoms with Gasteiger partial charge in [0.15, 0.2) is 0 Å². The third kappa shape index (κ3) is 2.09. The van der Waals surface area contributed by atoms with E-state index in [1.807, 2.05) is 6.92 Å². The van der Waals surface area contributed by atoms with Crippen molar-refractivity contribution in [3.05, 3.63) is 21.4 Å². The maximum atomic E-state index is 4.46. The zero-order valence-corrected chi connectivity index (χ0v) is 9.79. The van der Waals surface area contributed by atoms with E-state index in [4.69, 9.17) is 0 Å². The van der Waals surface area contributed by atoms with E-state index in [1.165, 1.54) is 3.57 Å². The molecule has 1 aromatic heterocycles.